The molecule has 0 aliphatic heterocycles. The zero-order valence-corrected chi connectivity index (χ0v) is 16.3. The van der Waals surface area contributed by atoms with Gasteiger partial charge in [0.2, 0.25) is 5.95 Å². The first-order valence-electron chi connectivity index (χ1n) is 8.00. The van der Waals surface area contributed by atoms with E-state index < -0.39 is 11.9 Å². The number of hydrogen-bond donors (Lipinski definition) is 3. The summed E-state index contributed by atoms with van der Waals surface area (Å²) in [5, 5.41) is 19.6. The molecule has 0 radical (unpaired) electrons. The molecular weight excluding hydrogens is 405 g/mol. The van der Waals surface area contributed by atoms with Gasteiger partial charge in [-0.3, -0.25) is 0 Å². The summed E-state index contributed by atoms with van der Waals surface area (Å²) < 4.78 is 2.01. The number of aromatic nitrogens is 2. The van der Waals surface area contributed by atoms with Gasteiger partial charge in [0.15, 0.2) is 0 Å². The smallest absolute Gasteiger partial charge is 0.414 e. The molecule has 3 aromatic rings. The van der Waals surface area contributed by atoms with E-state index in [1.165, 1.54) is 0 Å². The van der Waals surface area contributed by atoms with Crippen LogP contribution in [0.15, 0.2) is 54.7 Å². The van der Waals surface area contributed by atoms with E-state index in [0.29, 0.717) is 6.54 Å². The van der Waals surface area contributed by atoms with Crippen molar-refractivity contribution in [2.45, 2.75) is 6.54 Å². The number of imidazole rings is 1. The average molecular weight is 422 g/mol. The molecule has 3 rings (SSSR count). The second-order valence-corrected chi connectivity index (χ2v) is 6.43. The number of carboxylic acid groups (broad SMARTS) is 2. The van der Waals surface area contributed by atoms with Gasteiger partial charge in [0.1, 0.15) is 0 Å². The Morgan fingerprint density at radius 1 is 1.04 bits per heavy atom. The minimum absolute atomic E-state index is 0.630. The first-order chi connectivity index (χ1) is 13.3. The monoisotopic (exact) mass is 421 g/mol. The van der Waals surface area contributed by atoms with Crippen molar-refractivity contribution in [3.05, 3.63) is 70.3 Å². The highest BCUT2D eigenvalue weighted by Crippen LogP contribution is 2.24. The van der Waals surface area contributed by atoms with Crippen LogP contribution in [0.5, 0.6) is 0 Å². The van der Waals surface area contributed by atoms with Gasteiger partial charge < -0.3 is 20.1 Å². The van der Waals surface area contributed by atoms with Crippen LogP contribution in [0.25, 0.3) is 11.3 Å². The molecule has 0 aliphatic carbocycles. The molecule has 146 valence electrons. The fraction of sp³-hybridized carbons (Fsp3) is 0.105. The van der Waals surface area contributed by atoms with Crippen molar-refractivity contribution in [3.63, 3.8) is 0 Å². The van der Waals surface area contributed by atoms with Gasteiger partial charge in [0, 0.05) is 23.6 Å². The zero-order chi connectivity index (χ0) is 20.7. The van der Waals surface area contributed by atoms with Crippen molar-refractivity contribution in [3.8, 4) is 11.3 Å². The van der Waals surface area contributed by atoms with E-state index >= 15 is 0 Å². The number of rotatable bonds is 4. The van der Waals surface area contributed by atoms with Crippen LogP contribution in [0.3, 0.4) is 0 Å². The molecule has 0 fully saturated rings. The van der Waals surface area contributed by atoms with Crippen LogP contribution in [-0.4, -0.2) is 31.7 Å². The third kappa shape index (κ3) is 5.73. The Bertz CT molecular complexity index is 960. The van der Waals surface area contributed by atoms with Gasteiger partial charge in [0.25, 0.3) is 0 Å². The number of aliphatic carboxylic acids is 2. The van der Waals surface area contributed by atoms with Gasteiger partial charge in [0.05, 0.1) is 11.9 Å². The fourth-order valence-corrected chi connectivity index (χ4v) is 2.61. The van der Waals surface area contributed by atoms with Gasteiger partial charge in [-0.25, -0.2) is 14.6 Å². The lowest BCUT2D eigenvalue weighted by atomic mass is 10.2. The standard InChI is InChI=1S/C17H15Cl2N3.C2H2O4/c1-22-16(12-6-8-14(18)9-7-12)11-21-17(22)20-10-13-4-2-3-5-15(13)19;3-1(4)2(5)6/h2-9,11H,10H2,1H3,(H,20,21);(H,3,4)(H,5,6). The van der Waals surface area contributed by atoms with Gasteiger partial charge in [-0.1, -0.05) is 53.5 Å². The van der Waals surface area contributed by atoms with Crippen LogP contribution in [0, 0.1) is 0 Å². The van der Waals surface area contributed by atoms with Crippen molar-refractivity contribution in [1.29, 1.82) is 0 Å². The van der Waals surface area contributed by atoms with Crippen molar-refractivity contribution >= 4 is 41.1 Å². The lowest BCUT2D eigenvalue weighted by Crippen LogP contribution is -2.09. The van der Waals surface area contributed by atoms with E-state index in [0.717, 1.165) is 32.8 Å². The van der Waals surface area contributed by atoms with Gasteiger partial charge >= 0.3 is 11.9 Å². The summed E-state index contributed by atoms with van der Waals surface area (Å²) >= 11 is 12.1. The Hall–Kier alpha value is -3.03. The molecule has 1 heterocycles. The van der Waals surface area contributed by atoms with E-state index in [4.69, 9.17) is 43.0 Å². The van der Waals surface area contributed by atoms with Crippen molar-refractivity contribution < 1.29 is 19.8 Å². The Kier molecular flexibility index (Phi) is 7.43. The molecule has 0 atom stereocenters. The van der Waals surface area contributed by atoms with Crippen LogP contribution >= 0.6 is 23.2 Å². The first-order valence-corrected chi connectivity index (χ1v) is 8.76. The Labute approximate surface area is 171 Å². The molecule has 0 bridgehead atoms. The zero-order valence-electron chi connectivity index (χ0n) is 14.8. The molecule has 0 amide bonds. The van der Waals surface area contributed by atoms with Gasteiger partial charge in [-0.05, 0) is 29.3 Å². The highest BCUT2D eigenvalue weighted by Gasteiger charge is 2.09. The number of anilines is 1. The molecule has 28 heavy (non-hydrogen) atoms. The Morgan fingerprint density at radius 3 is 2.21 bits per heavy atom. The normalized spacial score (nSPS) is 9.96. The van der Waals surface area contributed by atoms with Crippen molar-refractivity contribution in [1.82, 2.24) is 9.55 Å². The molecule has 3 N–H and O–H groups in total. The maximum Gasteiger partial charge on any atom is 0.414 e. The van der Waals surface area contributed by atoms with Crippen LogP contribution in [-0.2, 0) is 23.2 Å². The number of benzene rings is 2. The molecule has 0 saturated heterocycles. The molecule has 9 heteroatoms. The van der Waals surface area contributed by atoms with Crippen molar-refractivity contribution in [2.75, 3.05) is 5.32 Å². The molecular formula is C19H17Cl2N3O4. The maximum absolute atomic E-state index is 9.10. The summed E-state index contributed by atoms with van der Waals surface area (Å²) in [6, 6.07) is 15.5. The third-order valence-electron chi connectivity index (χ3n) is 3.71. The minimum Gasteiger partial charge on any atom is -0.473 e. The highest BCUT2D eigenvalue weighted by atomic mass is 35.5. The molecule has 0 spiro atoms. The molecule has 0 aliphatic rings. The fourth-order valence-electron chi connectivity index (χ4n) is 2.28. The van der Waals surface area contributed by atoms with Gasteiger partial charge in [-0.15, -0.1) is 0 Å². The van der Waals surface area contributed by atoms with Gasteiger partial charge in [-0.2, -0.15) is 0 Å². The topological polar surface area (TPSA) is 104 Å². The summed E-state index contributed by atoms with van der Waals surface area (Å²) in [7, 11) is 1.98. The number of carbonyl (C=O) groups is 2. The summed E-state index contributed by atoms with van der Waals surface area (Å²) in [6.45, 7) is 0.630. The molecule has 0 unspecified atom stereocenters. The number of halogens is 2. The van der Waals surface area contributed by atoms with E-state index in [-0.39, 0.29) is 0 Å². The average Bonchev–Trinajstić information content (AvgIpc) is 3.03. The molecule has 1 aromatic heterocycles. The maximum atomic E-state index is 9.10. The lowest BCUT2D eigenvalue weighted by molar-refractivity contribution is -0.159. The Morgan fingerprint density at radius 2 is 1.64 bits per heavy atom. The minimum atomic E-state index is -1.82. The quantitative estimate of drug-likeness (QED) is 0.546. The van der Waals surface area contributed by atoms with Crippen LogP contribution in [0.4, 0.5) is 5.95 Å². The first kappa shape index (κ1) is 21.3. The highest BCUT2D eigenvalue weighted by molar-refractivity contribution is 6.31. The van der Waals surface area contributed by atoms with Crippen LogP contribution < -0.4 is 5.32 Å². The number of nitrogens with zero attached hydrogens (tertiary/aromatic N) is 2. The lowest BCUT2D eigenvalue weighted by Gasteiger charge is -2.09. The van der Waals surface area contributed by atoms with E-state index in [1.54, 1.807) is 0 Å². The summed E-state index contributed by atoms with van der Waals surface area (Å²) in [6.07, 6.45) is 1.85. The summed E-state index contributed by atoms with van der Waals surface area (Å²) in [5.41, 5.74) is 3.14. The second-order valence-electron chi connectivity index (χ2n) is 5.59. The summed E-state index contributed by atoms with van der Waals surface area (Å²) in [5.74, 6) is -2.85. The second kappa shape index (κ2) is 9.77. The largest absolute Gasteiger partial charge is 0.473 e. The molecule has 0 saturated carbocycles. The predicted octanol–water partition coefficient (Wildman–Crippen LogP) is 4.16. The third-order valence-corrected chi connectivity index (χ3v) is 4.33. The SMILES string of the molecule is Cn1c(-c2ccc(Cl)cc2)cnc1NCc1ccccc1Cl.O=C(O)C(=O)O. The Balaban J connectivity index is 0.000000409. The predicted molar refractivity (Wildman–Crippen MR) is 108 cm³/mol. The van der Waals surface area contributed by atoms with Crippen molar-refractivity contribution in [2.24, 2.45) is 7.05 Å². The molecule has 7 nitrogen and oxygen atoms in total. The number of nitrogens with one attached hydrogen (secondary N) is 1. The van der Waals surface area contributed by atoms with E-state index in [9.17, 15) is 0 Å². The van der Waals surface area contributed by atoms with E-state index in [1.807, 2.05) is 66.3 Å². The van der Waals surface area contributed by atoms with Crippen LogP contribution in [0.2, 0.25) is 10.0 Å². The van der Waals surface area contributed by atoms with Crippen LogP contribution in [0.1, 0.15) is 5.56 Å². The number of hydrogen-bond acceptors (Lipinski definition) is 4. The van der Waals surface area contributed by atoms with E-state index in [2.05, 4.69) is 10.3 Å². The molecule has 2 aromatic carbocycles. The number of carboxylic acids is 2. The summed E-state index contributed by atoms with van der Waals surface area (Å²) in [4.78, 5) is 22.6.